The van der Waals surface area contributed by atoms with E-state index in [2.05, 4.69) is 25.0 Å². The average Bonchev–Trinajstić information content (AvgIpc) is 3.56. The molecule has 0 atom stereocenters. The Hall–Kier alpha value is -4.45. The van der Waals surface area contributed by atoms with Crippen LogP contribution >= 0.6 is 11.8 Å². The van der Waals surface area contributed by atoms with Gasteiger partial charge in [-0.15, -0.1) is 23.4 Å². The van der Waals surface area contributed by atoms with E-state index in [-0.39, 0.29) is 11.7 Å². The number of nitrogens with zero attached hydrogens (tertiary/aromatic N) is 6. The minimum absolute atomic E-state index is 0.0308. The number of hydrogen-bond acceptors (Lipinski definition) is 7. The summed E-state index contributed by atoms with van der Waals surface area (Å²) < 4.78 is 42.4. The molecule has 0 unspecified atom stereocenters. The fourth-order valence-electron chi connectivity index (χ4n) is 3.88. The van der Waals surface area contributed by atoms with Crippen LogP contribution < -0.4 is 9.64 Å². The van der Waals surface area contributed by atoms with Crippen LogP contribution in [0.1, 0.15) is 18.1 Å². The number of aromatic nitrogens is 3. The second-order valence-electron chi connectivity index (χ2n) is 8.30. The monoisotopic (exact) mass is 550 g/mol. The molecule has 0 bridgehead atoms. The minimum atomic E-state index is -4.75. The first kappa shape index (κ1) is 26.2. The highest BCUT2D eigenvalue weighted by atomic mass is 32.2. The number of carbonyl (C=O) groups excluding carboxylic acids is 1. The van der Waals surface area contributed by atoms with Crippen LogP contribution in [0.15, 0.2) is 89.3 Å². The molecule has 12 heteroatoms. The Morgan fingerprint density at radius 2 is 1.79 bits per heavy atom. The van der Waals surface area contributed by atoms with Crippen LogP contribution in [0, 0.1) is 0 Å². The van der Waals surface area contributed by atoms with E-state index in [0.29, 0.717) is 22.4 Å². The standard InChI is InChI=1S/C27H21F3N6O2S/c1-2-19-5-3-4-6-23(19)36-24(37)16-39-26(36)33-32-15-18-7-9-20(10-8-18)25-31-17-35(34-25)21-11-13-22(14-12-21)38-27(28,29)30/h3-15,17H,2,16H2,1H3. The average molecular weight is 551 g/mol. The van der Waals surface area contributed by atoms with Crippen LogP contribution in [0.3, 0.4) is 0 Å². The van der Waals surface area contributed by atoms with Crippen LogP contribution in [-0.4, -0.2) is 44.2 Å². The highest BCUT2D eigenvalue weighted by Gasteiger charge is 2.31. The van der Waals surface area contributed by atoms with Gasteiger partial charge in [0.25, 0.3) is 0 Å². The Morgan fingerprint density at radius 1 is 1.05 bits per heavy atom. The molecular formula is C27H21F3N6O2S. The molecule has 2 heterocycles. The number of ether oxygens (including phenoxy) is 1. The van der Waals surface area contributed by atoms with Crippen molar-refractivity contribution in [3.63, 3.8) is 0 Å². The van der Waals surface area contributed by atoms with Gasteiger partial charge < -0.3 is 4.74 Å². The number of carbonyl (C=O) groups is 1. The van der Waals surface area contributed by atoms with Gasteiger partial charge in [0.1, 0.15) is 12.1 Å². The molecule has 1 aliphatic heterocycles. The molecule has 0 saturated carbocycles. The summed E-state index contributed by atoms with van der Waals surface area (Å²) in [5.41, 5.74) is 3.95. The molecule has 1 aromatic heterocycles. The second kappa shape index (κ2) is 11.1. The third kappa shape index (κ3) is 6.17. The summed E-state index contributed by atoms with van der Waals surface area (Å²) in [6, 6.07) is 20.4. The molecule has 0 aliphatic carbocycles. The van der Waals surface area contributed by atoms with Crippen molar-refractivity contribution < 1.29 is 22.7 Å². The molecule has 5 rings (SSSR count). The maximum absolute atomic E-state index is 12.5. The zero-order chi connectivity index (χ0) is 27.4. The van der Waals surface area contributed by atoms with E-state index in [9.17, 15) is 18.0 Å². The van der Waals surface area contributed by atoms with Gasteiger partial charge in [0.15, 0.2) is 11.0 Å². The smallest absolute Gasteiger partial charge is 0.406 e. The Labute approximate surface area is 225 Å². The Bertz CT molecular complexity index is 1530. The number of anilines is 1. The predicted octanol–water partition coefficient (Wildman–Crippen LogP) is 5.87. The third-order valence-electron chi connectivity index (χ3n) is 5.72. The number of amidine groups is 1. The van der Waals surface area contributed by atoms with E-state index in [4.69, 9.17) is 0 Å². The molecule has 0 radical (unpaired) electrons. The van der Waals surface area contributed by atoms with Crippen molar-refractivity contribution in [1.82, 2.24) is 14.8 Å². The zero-order valence-electron chi connectivity index (χ0n) is 20.5. The molecule has 3 aromatic carbocycles. The van der Waals surface area contributed by atoms with Gasteiger partial charge in [0.2, 0.25) is 5.91 Å². The highest BCUT2D eigenvalue weighted by Crippen LogP contribution is 2.30. The number of halogens is 3. The van der Waals surface area contributed by atoms with Gasteiger partial charge >= 0.3 is 6.36 Å². The summed E-state index contributed by atoms with van der Waals surface area (Å²) in [6.07, 6.45) is -0.880. The van der Waals surface area contributed by atoms with Gasteiger partial charge in [0, 0.05) is 5.56 Å². The fourth-order valence-corrected chi connectivity index (χ4v) is 4.70. The molecule has 1 fully saturated rings. The van der Waals surface area contributed by atoms with E-state index in [1.807, 2.05) is 55.5 Å². The van der Waals surface area contributed by atoms with Crippen molar-refractivity contribution in [1.29, 1.82) is 0 Å². The number of rotatable bonds is 7. The van der Waals surface area contributed by atoms with Crippen LogP contribution in [0.4, 0.5) is 18.9 Å². The first-order valence-electron chi connectivity index (χ1n) is 11.8. The lowest BCUT2D eigenvalue weighted by Gasteiger charge is -2.18. The summed E-state index contributed by atoms with van der Waals surface area (Å²) in [6.45, 7) is 2.04. The van der Waals surface area contributed by atoms with Crippen LogP contribution in [0.2, 0.25) is 0 Å². The van der Waals surface area contributed by atoms with Gasteiger partial charge in [-0.2, -0.15) is 5.10 Å². The van der Waals surface area contributed by atoms with Crippen LogP contribution in [-0.2, 0) is 11.2 Å². The van der Waals surface area contributed by atoms with E-state index in [0.717, 1.165) is 28.8 Å². The molecule has 0 N–H and O–H groups in total. The zero-order valence-corrected chi connectivity index (χ0v) is 21.4. The summed E-state index contributed by atoms with van der Waals surface area (Å²) in [4.78, 5) is 18.4. The van der Waals surface area contributed by atoms with Crippen molar-refractivity contribution in [2.24, 2.45) is 10.2 Å². The molecular weight excluding hydrogens is 529 g/mol. The van der Waals surface area contributed by atoms with Crippen molar-refractivity contribution in [3.8, 4) is 22.8 Å². The molecule has 1 amide bonds. The first-order valence-corrected chi connectivity index (χ1v) is 12.8. The molecule has 8 nitrogen and oxygen atoms in total. The summed E-state index contributed by atoms with van der Waals surface area (Å²) in [7, 11) is 0. The van der Waals surface area contributed by atoms with E-state index >= 15 is 0 Å². The van der Waals surface area contributed by atoms with Gasteiger partial charge in [-0.25, -0.2) is 9.67 Å². The number of aryl methyl sites for hydroxylation is 1. The fraction of sp³-hybridized carbons (Fsp3) is 0.148. The Morgan fingerprint density at radius 3 is 2.51 bits per heavy atom. The third-order valence-corrected chi connectivity index (χ3v) is 6.64. The number of thioether (sulfide) groups is 1. The van der Waals surface area contributed by atoms with E-state index < -0.39 is 6.36 Å². The molecule has 198 valence electrons. The minimum Gasteiger partial charge on any atom is -0.406 e. The lowest BCUT2D eigenvalue weighted by atomic mass is 10.1. The van der Waals surface area contributed by atoms with Crippen molar-refractivity contribution >= 4 is 34.7 Å². The number of benzene rings is 3. The van der Waals surface area contributed by atoms with E-state index in [1.165, 1.54) is 47.0 Å². The number of para-hydroxylation sites is 1. The quantitative estimate of drug-likeness (QED) is 0.212. The maximum Gasteiger partial charge on any atom is 0.573 e. The SMILES string of the molecule is CCc1ccccc1N1C(=O)CSC1=NN=Cc1ccc(-c2ncn(-c3ccc(OC(F)(F)F)cc3)n2)cc1. The van der Waals surface area contributed by atoms with Crippen molar-refractivity contribution in [3.05, 3.63) is 90.3 Å². The summed E-state index contributed by atoms with van der Waals surface area (Å²) >= 11 is 1.35. The van der Waals surface area contributed by atoms with Gasteiger partial charge in [-0.3, -0.25) is 9.69 Å². The summed E-state index contributed by atoms with van der Waals surface area (Å²) in [5, 5.41) is 13.4. The Balaban J connectivity index is 1.27. The lowest BCUT2D eigenvalue weighted by Crippen LogP contribution is -2.30. The Kier molecular flexibility index (Phi) is 7.46. The largest absolute Gasteiger partial charge is 0.573 e. The van der Waals surface area contributed by atoms with Gasteiger partial charge in [-0.05, 0) is 47.9 Å². The second-order valence-corrected chi connectivity index (χ2v) is 9.25. The van der Waals surface area contributed by atoms with Gasteiger partial charge in [0.05, 0.1) is 23.3 Å². The first-order chi connectivity index (χ1) is 18.8. The topological polar surface area (TPSA) is 85.0 Å². The van der Waals surface area contributed by atoms with Crippen LogP contribution in [0.5, 0.6) is 5.75 Å². The number of hydrogen-bond donors (Lipinski definition) is 0. The number of amides is 1. The lowest BCUT2D eigenvalue weighted by molar-refractivity contribution is -0.274. The van der Waals surface area contributed by atoms with Crippen LogP contribution in [0.25, 0.3) is 17.1 Å². The predicted molar refractivity (Wildman–Crippen MR) is 144 cm³/mol. The molecule has 0 spiro atoms. The molecule has 1 aliphatic rings. The normalized spacial score (nSPS) is 15.0. The van der Waals surface area contributed by atoms with E-state index in [1.54, 1.807) is 11.1 Å². The molecule has 39 heavy (non-hydrogen) atoms. The van der Waals surface area contributed by atoms with Crippen molar-refractivity contribution in [2.45, 2.75) is 19.7 Å². The maximum atomic E-state index is 12.5. The molecule has 4 aromatic rings. The van der Waals surface area contributed by atoms with Gasteiger partial charge in [-0.1, -0.05) is 61.2 Å². The molecule has 1 saturated heterocycles. The van der Waals surface area contributed by atoms with Crippen molar-refractivity contribution in [2.75, 3.05) is 10.7 Å². The highest BCUT2D eigenvalue weighted by molar-refractivity contribution is 8.15. The number of alkyl halides is 3. The summed E-state index contributed by atoms with van der Waals surface area (Å²) in [5.74, 6) is 0.412.